The van der Waals surface area contributed by atoms with E-state index in [0.717, 1.165) is 44.1 Å². The van der Waals surface area contributed by atoms with Crippen LogP contribution in [0.5, 0.6) is 0 Å². The molecule has 0 fully saturated rings. The van der Waals surface area contributed by atoms with E-state index < -0.39 is 0 Å². The molecule has 1 nitrogen and oxygen atoms in total. The van der Waals surface area contributed by atoms with Crippen LogP contribution in [0.4, 0.5) is 17.1 Å². The Hall–Kier alpha value is -7.20. The van der Waals surface area contributed by atoms with E-state index in [4.69, 9.17) is 0 Å². The molecule has 9 aromatic carbocycles. The molecule has 0 aliphatic carbocycles. The van der Waals surface area contributed by atoms with Gasteiger partial charge in [-0.1, -0.05) is 256 Å². The monoisotopic (exact) mass is 1050 g/mol. The van der Waals surface area contributed by atoms with Crippen molar-refractivity contribution in [3.63, 3.8) is 0 Å². The fourth-order valence-corrected chi connectivity index (χ4v) is 13.5. The standard InChI is InChI=1S/C76H78BNS/c1-12-13-23-54-44-51(2)72-67(47-54)66(46-52-24-16-14-17-25-52)64-50-61(40-35-56(64)42-43-77(72)68-49-60(76(9,10)11)38-34-57(68)45-53-32-36-58(37-33-53)74(3,4)5)78(70-30-22-29-63-62-28-20-21-31-71(62)79-73(63)70)69-41-39-59(75(6,7)8)48-65(69)55-26-18-15-19-27-55/h14-22,24-41,44,46-50H,12-13,23,42-43,45H2,1-11H3/b66-46+. The molecule has 1 aromatic heterocycles. The lowest BCUT2D eigenvalue weighted by Gasteiger charge is -2.33. The fourth-order valence-electron chi connectivity index (χ4n) is 12.3. The first-order chi connectivity index (χ1) is 37.9. The third-order valence-corrected chi connectivity index (χ3v) is 18.0. The van der Waals surface area contributed by atoms with Gasteiger partial charge in [0.15, 0.2) is 0 Å². The molecule has 0 atom stereocenters. The third kappa shape index (κ3) is 11.1. The van der Waals surface area contributed by atoms with Gasteiger partial charge in [0.05, 0.1) is 16.1 Å². The van der Waals surface area contributed by atoms with E-state index in [-0.39, 0.29) is 23.0 Å². The maximum atomic E-state index is 2.61. The van der Waals surface area contributed by atoms with Gasteiger partial charge in [-0.2, -0.15) is 0 Å². The number of benzene rings is 9. The van der Waals surface area contributed by atoms with Gasteiger partial charge in [-0.05, 0) is 158 Å². The van der Waals surface area contributed by atoms with Gasteiger partial charge in [0.1, 0.15) is 0 Å². The molecule has 1 aliphatic rings. The summed E-state index contributed by atoms with van der Waals surface area (Å²) >= 11 is 1.90. The molecule has 10 aromatic rings. The normalized spacial score (nSPS) is 13.6. The van der Waals surface area contributed by atoms with Crippen LogP contribution in [-0.2, 0) is 35.5 Å². The molecule has 3 heteroatoms. The average Bonchev–Trinajstić information content (AvgIpc) is 4.07. The maximum absolute atomic E-state index is 2.61. The Balaban J connectivity index is 1.17. The van der Waals surface area contributed by atoms with Crippen molar-refractivity contribution in [1.29, 1.82) is 0 Å². The SMILES string of the molecule is CCCCc1cc(C)c2c(c1)/C(=C/c1ccccc1)c1cc(N(c3ccc(C(C)(C)C)cc3-c3ccccc3)c3cccc4c3sc3ccccc34)ccc1CCB2c1cc(C(C)(C)C)ccc1Cc1ccc(C(C)(C)C)cc1. The number of hydrogen-bond acceptors (Lipinski definition) is 2. The van der Waals surface area contributed by atoms with Crippen molar-refractivity contribution in [2.24, 2.45) is 0 Å². The van der Waals surface area contributed by atoms with E-state index in [1.165, 1.54) is 120 Å². The molecule has 0 saturated heterocycles. The van der Waals surface area contributed by atoms with Gasteiger partial charge in [0, 0.05) is 26.7 Å². The lowest BCUT2D eigenvalue weighted by molar-refractivity contribution is 0.590. The Labute approximate surface area is 477 Å². The predicted molar refractivity (Wildman–Crippen MR) is 348 cm³/mol. The largest absolute Gasteiger partial charge is 0.308 e. The van der Waals surface area contributed by atoms with Gasteiger partial charge in [0.25, 0.3) is 0 Å². The molecule has 0 spiro atoms. The summed E-state index contributed by atoms with van der Waals surface area (Å²) in [5.41, 5.74) is 25.1. The number of anilines is 3. The van der Waals surface area contributed by atoms with E-state index >= 15 is 0 Å². The summed E-state index contributed by atoms with van der Waals surface area (Å²) in [5.74, 6) is 0. The number of aryl methyl sites for hydroxylation is 3. The van der Waals surface area contributed by atoms with Crippen molar-refractivity contribution in [2.45, 2.75) is 131 Å². The Bertz CT molecular complexity index is 3860. The van der Waals surface area contributed by atoms with E-state index in [2.05, 4.69) is 281 Å². The lowest BCUT2D eigenvalue weighted by Crippen LogP contribution is -2.48. The van der Waals surface area contributed by atoms with Gasteiger partial charge in [-0.15, -0.1) is 11.3 Å². The van der Waals surface area contributed by atoms with Crippen molar-refractivity contribution >= 4 is 77.9 Å². The van der Waals surface area contributed by atoms with Crippen LogP contribution in [0.15, 0.2) is 194 Å². The predicted octanol–water partition coefficient (Wildman–Crippen LogP) is 20.1. The zero-order chi connectivity index (χ0) is 55.2. The van der Waals surface area contributed by atoms with Crippen molar-refractivity contribution in [1.82, 2.24) is 0 Å². The number of thiophene rings is 1. The van der Waals surface area contributed by atoms with Crippen LogP contribution in [0.2, 0.25) is 6.32 Å². The molecule has 0 amide bonds. The van der Waals surface area contributed by atoms with Gasteiger partial charge in [-0.3, -0.25) is 0 Å². The van der Waals surface area contributed by atoms with Crippen LogP contribution in [-0.4, -0.2) is 6.71 Å². The van der Waals surface area contributed by atoms with Gasteiger partial charge in [0.2, 0.25) is 6.71 Å². The average molecular weight is 1050 g/mol. The highest BCUT2D eigenvalue weighted by Crippen LogP contribution is 2.49. The fraction of sp³-hybridized carbons (Fsp3) is 0.263. The minimum absolute atomic E-state index is 0.00794. The summed E-state index contributed by atoms with van der Waals surface area (Å²) in [6, 6.07) is 74.8. The second kappa shape index (κ2) is 21.8. The Morgan fingerprint density at radius 1 is 0.544 bits per heavy atom. The molecule has 396 valence electrons. The molecule has 79 heavy (non-hydrogen) atoms. The van der Waals surface area contributed by atoms with Crippen LogP contribution < -0.4 is 15.8 Å². The second-order valence-corrected chi connectivity index (χ2v) is 26.7. The highest BCUT2D eigenvalue weighted by molar-refractivity contribution is 7.26. The van der Waals surface area contributed by atoms with Crippen molar-refractivity contribution < 1.29 is 0 Å². The minimum Gasteiger partial charge on any atom is -0.308 e. The van der Waals surface area contributed by atoms with E-state index in [1.807, 2.05) is 11.3 Å². The first kappa shape index (κ1) is 53.8. The zero-order valence-corrected chi connectivity index (χ0v) is 49.5. The number of nitrogens with zero attached hydrogens (tertiary/aromatic N) is 1. The smallest absolute Gasteiger partial charge is 0.211 e. The topological polar surface area (TPSA) is 3.24 Å². The molecule has 2 heterocycles. The molecule has 0 saturated carbocycles. The summed E-state index contributed by atoms with van der Waals surface area (Å²) in [4.78, 5) is 2.59. The van der Waals surface area contributed by atoms with Crippen molar-refractivity contribution in [3.05, 3.63) is 255 Å². The molecular weight excluding hydrogens is 970 g/mol. The molecular formula is C76H78BNS. The summed E-state index contributed by atoms with van der Waals surface area (Å²) in [7, 11) is 0. The Morgan fingerprint density at radius 3 is 1.92 bits per heavy atom. The van der Waals surface area contributed by atoms with Crippen LogP contribution in [0, 0.1) is 6.92 Å². The number of hydrogen-bond donors (Lipinski definition) is 0. The molecule has 1 aliphatic heterocycles. The number of rotatable bonds is 11. The molecule has 0 unspecified atom stereocenters. The maximum Gasteiger partial charge on any atom is 0.211 e. The molecule has 0 bridgehead atoms. The second-order valence-electron chi connectivity index (χ2n) is 25.6. The van der Waals surface area contributed by atoms with Crippen LogP contribution in [0.3, 0.4) is 0 Å². The zero-order valence-electron chi connectivity index (χ0n) is 48.7. The lowest BCUT2D eigenvalue weighted by atomic mass is 9.35. The molecule has 0 radical (unpaired) electrons. The third-order valence-electron chi connectivity index (χ3n) is 16.8. The van der Waals surface area contributed by atoms with E-state index in [9.17, 15) is 0 Å². The van der Waals surface area contributed by atoms with Crippen LogP contribution >= 0.6 is 11.3 Å². The number of fused-ring (bicyclic) bond motifs is 5. The van der Waals surface area contributed by atoms with Crippen LogP contribution in [0.25, 0.3) is 42.9 Å². The summed E-state index contributed by atoms with van der Waals surface area (Å²) in [6.07, 6.45) is 8.69. The first-order valence-corrected chi connectivity index (χ1v) is 29.9. The van der Waals surface area contributed by atoms with Gasteiger partial charge < -0.3 is 4.90 Å². The van der Waals surface area contributed by atoms with Crippen molar-refractivity contribution in [3.8, 4) is 11.1 Å². The van der Waals surface area contributed by atoms with Crippen LogP contribution in [0.1, 0.15) is 143 Å². The molecule has 0 N–H and O–H groups in total. The van der Waals surface area contributed by atoms with E-state index in [0.29, 0.717) is 0 Å². The van der Waals surface area contributed by atoms with Gasteiger partial charge >= 0.3 is 0 Å². The van der Waals surface area contributed by atoms with Gasteiger partial charge in [-0.25, -0.2) is 0 Å². The highest BCUT2D eigenvalue weighted by Gasteiger charge is 2.33. The molecule has 11 rings (SSSR count). The Kier molecular flexibility index (Phi) is 14.8. The van der Waals surface area contributed by atoms with E-state index in [1.54, 1.807) is 0 Å². The van der Waals surface area contributed by atoms with Crippen molar-refractivity contribution in [2.75, 3.05) is 4.90 Å². The summed E-state index contributed by atoms with van der Waals surface area (Å²) in [6.45, 7) is 25.9. The number of unbranched alkanes of at least 4 members (excludes halogenated alkanes) is 1. The first-order valence-electron chi connectivity index (χ1n) is 29.1. The Morgan fingerprint density at radius 2 is 1.20 bits per heavy atom. The summed E-state index contributed by atoms with van der Waals surface area (Å²) in [5, 5.41) is 2.59. The minimum atomic E-state index is -0.0377. The summed E-state index contributed by atoms with van der Waals surface area (Å²) < 4.78 is 2.59. The highest BCUT2D eigenvalue weighted by atomic mass is 32.1. The quantitative estimate of drug-likeness (QED) is 0.117.